The van der Waals surface area contributed by atoms with Crippen LogP contribution < -0.4 is 5.32 Å². The number of nitrogens with zero attached hydrogens (tertiary/aromatic N) is 1. The number of halogens is 2. The molecule has 2 fully saturated rings. The summed E-state index contributed by atoms with van der Waals surface area (Å²) in [5.74, 6) is 2.02. The van der Waals surface area contributed by atoms with Gasteiger partial charge in [0.1, 0.15) is 0 Å². The number of thioether (sulfide) groups is 1. The summed E-state index contributed by atoms with van der Waals surface area (Å²) in [6.07, 6.45) is 2.36. The highest BCUT2D eigenvalue weighted by atomic mass is 79.9. The third-order valence-electron chi connectivity index (χ3n) is 4.24. The second kappa shape index (κ2) is 6.90. The van der Waals surface area contributed by atoms with Crippen molar-refractivity contribution in [1.29, 1.82) is 0 Å². The van der Waals surface area contributed by atoms with Crippen molar-refractivity contribution in [3.63, 3.8) is 0 Å². The number of hydrogen-bond acceptors (Lipinski definition) is 3. The van der Waals surface area contributed by atoms with Crippen molar-refractivity contribution < 1.29 is 4.79 Å². The second-order valence-corrected chi connectivity index (χ2v) is 7.70. The minimum absolute atomic E-state index is 0. The Balaban J connectivity index is 0.00000161. The van der Waals surface area contributed by atoms with Crippen LogP contribution in [-0.2, 0) is 10.2 Å². The van der Waals surface area contributed by atoms with Gasteiger partial charge in [-0.15, -0.1) is 24.2 Å². The van der Waals surface area contributed by atoms with Crippen LogP contribution in [0.15, 0.2) is 28.7 Å². The standard InChI is InChI=1S/C15H19BrN2OS.ClH/c1-18(14(19)13-8-20-10-17-13)9-15(6-7-15)11-2-4-12(16)5-3-11;/h2-5,13,17H,6-10H2,1H3;1H. The number of likely N-dealkylation sites (N-methyl/N-ethyl adjacent to an activating group) is 1. The summed E-state index contributed by atoms with van der Waals surface area (Å²) in [6.45, 7) is 0.830. The normalized spacial score (nSPS) is 22.5. The molecule has 1 unspecified atom stereocenters. The summed E-state index contributed by atoms with van der Waals surface area (Å²) >= 11 is 5.27. The highest BCUT2D eigenvalue weighted by Crippen LogP contribution is 2.48. The first kappa shape index (κ1) is 17.1. The zero-order valence-electron chi connectivity index (χ0n) is 12.0. The smallest absolute Gasteiger partial charge is 0.240 e. The lowest BCUT2D eigenvalue weighted by Gasteiger charge is -2.26. The van der Waals surface area contributed by atoms with Gasteiger partial charge in [0.15, 0.2) is 0 Å². The van der Waals surface area contributed by atoms with E-state index in [0.29, 0.717) is 0 Å². The predicted octanol–water partition coefficient (Wildman–Crippen LogP) is 3.02. The Kier molecular flexibility index (Phi) is 5.63. The van der Waals surface area contributed by atoms with Gasteiger partial charge in [-0.2, -0.15) is 0 Å². The van der Waals surface area contributed by atoms with Crippen LogP contribution in [0.1, 0.15) is 18.4 Å². The Bertz CT molecular complexity index is 501. The minimum Gasteiger partial charge on any atom is -0.343 e. The molecular formula is C15H20BrClN2OS. The van der Waals surface area contributed by atoms with Crippen molar-refractivity contribution in [3.8, 4) is 0 Å². The van der Waals surface area contributed by atoms with Gasteiger partial charge >= 0.3 is 0 Å². The summed E-state index contributed by atoms with van der Waals surface area (Å²) in [6, 6.07) is 8.54. The molecule has 6 heteroatoms. The zero-order valence-corrected chi connectivity index (χ0v) is 15.2. The van der Waals surface area contributed by atoms with Gasteiger partial charge in [0, 0.05) is 35.1 Å². The van der Waals surface area contributed by atoms with Crippen LogP contribution in [0.2, 0.25) is 0 Å². The number of amides is 1. The first-order valence-corrected chi connectivity index (χ1v) is 8.88. The number of hydrogen-bond donors (Lipinski definition) is 1. The van der Waals surface area contributed by atoms with Gasteiger partial charge < -0.3 is 4.90 Å². The van der Waals surface area contributed by atoms with Gasteiger partial charge in [-0.25, -0.2) is 0 Å². The second-order valence-electron chi connectivity index (χ2n) is 5.75. The van der Waals surface area contributed by atoms with Gasteiger partial charge in [-0.1, -0.05) is 28.1 Å². The van der Waals surface area contributed by atoms with Crippen LogP contribution in [0.4, 0.5) is 0 Å². The van der Waals surface area contributed by atoms with Crippen molar-refractivity contribution in [3.05, 3.63) is 34.3 Å². The van der Waals surface area contributed by atoms with E-state index >= 15 is 0 Å². The molecule has 1 saturated heterocycles. The highest BCUT2D eigenvalue weighted by Gasteiger charge is 2.46. The van der Waals surface area contributed by atoms with Crippen LogP contribution in [0.3, 0.4) is 0 Å². The quantitative estimate of drug-likeness (QED) is 0.856. The maximum atomic E-state index is 12.4. The lowest BCUT2D eigenvalue weighted by molar-refractivity contribution is -0.131. The van der Waals surface area contributed by atoms with Gasteiger partial charge in [0.05, 0.1) is 6.04 Å². The molecule has 21 heavy (non-hydrogen) atoms. The van der Waals surface area contributed by atoms with E-state index in [2.05, 4.69) is 45.5 Å². The lowest BCUT2D eigenvalue weighted by atomic mass is 9.95. The third-order valence-corrected chi connectivity index (χ3v) is 5.71. The Morgan fingerprint density at radius 2 is 2.10 bits per heavy atom. The first-order chi connectivity index (χ1) is 9.61. The maximum Gasteiger partial charge on any atom is 0.240 e. The van der Waals surface area contributed by atoms with E-state index in [1.807, 2.05) is 11.9 Å². The van der Waals surface area contributed by atoms with Gasteiger partial charge in [-0.05, 0) is 30.5 Å². The molecular weight excluding hydrogens is 372 g/mol. The average Bonchev–Trinajstić information content (AvgIpc) is 3.02. The molecule has 1 atom stereocenters. The van der Waals surface area contributed by atoms with E-state index in [4.69, 9.17) is 0 Å². The molecule has 1 aromatic carbocycles. The fourth-order valence-electron chi connectivity index (χ4n) is 2.84. The first-order valence-electron chi connectivity index (χ1n) is 6.93. The van der Waals surface area contributed by atoms with Crippen LogP contribution in [0.25, 0.3) is 0 Å². The molecule has 1 saturated carbocycles. The fraction of sp³-hybridized carbons (Fsp3) is 0.533. The molecule has 3 nitrogen and oxygen atoms in total. The Labute approximate surface area is 144 Å². The summed E-state index contributed by atoms with van der Waals surface area (Å²) < 4.78 is 1.11. The molecule has 3 rings (SSSR count). The molecule has 1 amide bonds. The number of rotatable bonds is 4. The lowest BCUT2D eigenvalue weighted by Crippen LogP contribution is -2.45. The van der Waals surface area contributed by atoms with Gasteiger partial charge in [0.2, 0.25) is 5.91 Å². The molecule has 1 heterocycles. The summed E-state index contributed by atoms with van der Waals surface area (Å²) in [7, 11) is 1.94. The average molecular weight is 392 g/mol. The topological polar surface area (TPSA) is 32.3 Å². The number of nitrogens with one attached hydrogen (secondary N) is 1. The van der Waals surface area contributed by atoms with Crippen molar-refractivity contribution in [2.75, 3.05) is 25.2 Å². The molecule has 116 valence electrons. The van der Waals surface area contributed by atoms with Crippen molar-refractivity contribution in [1.82, 2.24) is 10.2 Å². The largest absolute Gasteiger partial charge is 0.343 e. The van der Waals surface area contributed by atoms with Crippen LogP contribution in [0.5, 0.6) is 0 Å². The molecule has 1 aliphatic heterocycles. The molecule has 1 aliphatic carbocycles. The fourth-order valence-corrected chi connectivity index (χ4v) is 4.04. The molecule has 2 aliphatic rings. The summed E-state index contributed by atoms with van der Waals surface area (Å²) in [5.41, 5.74) is 1.55. The number of benzene rings is 1. The number of carbonyl (C=O) groups excluding carboxylic acids is 1. The van der Waals surface area contributed by atoms with E-state index < -0.39 is 0 Å². The Hall–Kier alpha value is -0.230. The SMILES string of the molecule is CN(CC1(c2ccc(Br)cc2)CC1)C(=O)C1CSCN1.Cl. The minimum atomic E-state index is 0. The van der Waals surface area contributed by atoms with E-state index in [1.165, 1.54) is 18.4 Å². The van der Waals surface area contributed by atoms with E-state index in [-0.39, 0.29) is 29.8 Å². The Morgan fingerprint density at radius 1 is 1.43 bits per heavy atom. The molecule has 0 aromatic heterocycles. The zero-order chi connectivity index (χ0) is 14.2. The van der Waals surface area contributed by atoms with Gasteiger partial charge in [0.25, 0.3) is 0 Å². The summed E-state index contributed by atoms with van der Waals surface area (Å²) in [4.78, 5) is 14.3. The molecule has 0 bridgehead atoms. The molecule has 1 aromatic rings. The van der Waals surface area contributed by atoms with Gasteiger partial charge in [-0.3, -0.25) is 10.1 Å². The molecule has 1 N–H and O–H groups in total. The van der Waals surface area contributed by atoms with Crippen molar-refractivity contribution >= 4 is 46.0 Å². The van der Waals surface area contributed by atoms with E-state index in [0.717, 1.165) is 22.6 Å². The van der Waals surface area contributed by atoms with Crippen molar-refractivity contribution in [2.24, 2.45) is 0 Å². The molecule has 0 radical (unpaired) electrons. The van der Waals surface area contributed by atoms with Crippen molar-refractivity contribution in [2.45, 2.75) is 24.3 Å². The van der Waals surface area contributed by atoms with E-state index in [9.17, 15) is 4.79 Å². The maximum absolute atomic E-state index is 12.4. The summed E-state index contributed by atoms with van der Waals surface area (Å²) in [5, 5.41) is 3.26. The monoisotopic (exact) mass is 390 g/mol. The predicted molar refractivity (Wildman–Crippen MR) is 94.2 cm³/mol. The third kappa shape index (κ3) is 3.76. The Morgan fingerprint density at radius 3 is 2.62 bits per heavy atom. The van der Waals surface area contributed by atoms with Crippen LogP contribution in [-0.4, -0.2) is 42.1 Å². The van der Waals surface area contributed by atoms with Crippen LogP contribution in [0, 0.1) is 0 Å². The highest BCUT2D eigenvalue weighted by molar-refractivity contribution is 9.10. The van der Waals surface area contributed by atoms with E-state index in [1.54, 1.807) is 11.8 Å². The number of carbonyl (C=O) groups is 1. The molecule has 0 spiro atoms. The van der Waals surface area contributed by atoms with Crippen LogP contribution >= 0.6 is 40.1 Å².